The first-order chi connectivity index (χ1) is 8.25. The zero-order valence-corrected chi connectivity index (χ0v) is 9.68. The van der Waals surface area contributed by atoms with Crippen LogP contribution in [0.5, 0.6) is 0 Å². The molecule has 3 rings (SSSR count). The van der Waals surface area contributed by atoms with Crippen molar-refractivity contribution < 1.29 is 4.79 Å². The van der Waals surface area contributed by atoms with Gasteiger partial charge in [0, 0.05) is 5.69 Å². The summed E-state index contributed by atoms with van der Waals surface area (Å²) >= 11 is 0. The molecule has 84 valence electrons. The number of rotatable bonds is 1. The molecule has 2 aromatic rings. The molecule has 0 radical (unpaired) electrons. The highest BCUT2D eigenvalue weighted by molar-refractivity contribution is 6.07. The fourth-order valence-electron chi connectivity index (χ4n) is 2.27. The maximum atomic E-state index is 12.1. The Morgan fingerprint density at radius 2 is 1.82 bits per heavy atom. The summed E-state index contributed by atoms with van der Waals surface area (Å²) in [6.07, 6.45) is 0.504. The van der Waals surface area contributed by atoms with Crippen molar-refractivity contribution in [1.82, 2.24) is 0 Å². The number of amides is 1. The lowest BCUT2D eigenvalue weighted by atomic mass is 10.1. The Morgan fingerprint density at radius 1 is 1.06 bits per heavy atom. The summed E-state index contributed by atoms with van der Waals surface area (Å²) in [4.78, 5) is 13.9. The van der Waals surface area contributed by atoms with Gasteiger partial charge in [-0.2, -0.15) is 0 Å². The van der Waals surface area contributed by atoms with E-state index < -0.39 is 0 Å². The van der Waals surface area contributed by atoms with E-state index in [9.17, 15) is 4.79 Å². The number of carbonyl (C=O) groups excluding carboxylic acids is 1. The molecule has 2 aromatic carbocycles. The van der Waals surface area contributed by atoms with Gasteiger partial charge in [-0.3, -0.25) is 9.69 Å². The van der Waals surface area contributed by atoms with Crippen LogP contribution < -0.4 is 4.90 Å². The monoisotopic (exact) mass is 223 g/mol. The van der Waals surface area contributed by atoms with Crippen LogP contribution in [0, 0.1) is 6.92 Å². The van der Waals surface area contributed by atoms with E-state index in [1.807, 2.05) is 48.2 Å². The predicted molar refractivity (Wildman–Crippen MR) is 68.5 cm³/mol. The van der Waals surface area contributed by atoms with E-state index in [-0.39, 0.29) is 5.91 Å². The molecule has 0 atom stereocenters. The molecule has 2 heteroatoms. The van der Waals surface area contributed by atoms with Gasteiger partial charge in [-0.25, -0.2) is 0 Å². The van der Waals surface area contributed by atoms with Gasteiger partial charge in [0.2, 0.25) is 5.91 Å². The molecular weight excluding hydrogens is 210 g/mol. The minimum atomic E-state index is 0.150. The molecule has 0 fully saturated rings. The van der Waals surface area contributed by atoms with Crippen LogP contribution in [0.15, 0.2) is 48.5 Å². The van der Waals surface area contributed by atoms with E-state index in [4.69, 9.17) is 0 Å². The Balaban J connectivity index is 2.14. The summed E-state index contributed by atoms with van der Waals surface area (Å²) in [5.41, 5.74) is 4.27. The zero-order chi connectivity index (χ0) is 11.8. The molecule has 17 heavy (non-hydrogen) atoms. The molecule has 0 saturated carbocycles. The Labute approximate surface area is 100 Å². The first-order valence-electron chi connectivity index (χ1n) is 5.73. The van der Waals surface area contributed by atoms with Crippen LogP contribution in [0.25, 0.3) is 0 Å². The van der Waals surface area contributed by atoms with E-state index in [1.54, 1.807) is 0 Å². The van der Waals surface area contributed by atoms with Gasteiger partial charge in [-0.15, -0.1) is 0 Å². The first-order valence-corrected chi connectivity index (χ1v) is 5.73. The lowest BCUT2D eigenvalue weighted by molar-refractivity contribution is -0.116. The summed E-state index contributed by atoms with van der Waals surface area (Å²) in [5, 5.41) is 0. The lowest BCUT2D eigenvalue weighted by Gasteiger charge is -2.17. The fraction of sp³-hybridized carbons (Fsp3) is 0.133. The average Bonchev–Trinajstić information content (AvgIpc) is 2.65. The lowest BCUT2D eigenvalue weighted by Crippen LogP contribution is -2.20. The molecule has 0 saturated heterocycles. The highest BCUT2D eigenvalue weighted by Crippen LogP contribution is 2.35. The number of hydrogen-bond acceptors (Lipinski definition) is 1. The predicted octanol–water partition coefficient (Wildman–Crippen LogP) is 3.22. The van der Waals surface area contributed by atoms with Gasteiger partial charge >= 0.3 is 0 Å². The second-order valence-corrected chi connectivity index (χ2v) is 4.37. The maximum Gasteiger partial charge on any atom is 0.236 e. The number of fused-ring (bicyclic) bond motifs is 1. The number of para-hydroxylation sites is 1. The molecule has 1 aliphatic rings. The summed E-state index contributed by atoms with van der Waals surface area (Å²) in [5.74, 6) is 0.150. The van der Waals surface area contributed by atoms with Crippen molar-refractivity contribution in [1.29, 1.82) is 0 Å². The van der Waals surface area contributed by atoms with Crippen molar-refractivity contribution in [3.63, 3.8) is 0 Å². The summed E-state index contributed by atoms with van der Waals surface area (Å²) in [6.45, 7) is 2.05. The van der Waals surface area contributed by atoms with E-state index in [1.165, 1.54) is 5.56 Å². The fourth-order valence-corrected chi connectivity index (χ4v) is 2.27. The van der Waals surface area contributed by atoms with Gasteiger partial charge in [0.1, 0.15) is 0 Å². The van der Waals surface area contributed by atoms with Gasteiger partial charge in [0.05, 0.1) is 12.1 Å². The Bertz CT molecular complexity index is 575. The average molecular weight is 223 g/mol. The second kappa shape index (κ2) is 3.74. The van der Waals surface area contributed by atoms with Crippen molar-refractivity contribution in [3.05, 3.63) is 59.7 Å². The molecule has 1 aliphatic heterocycles. The second-order valence-electron chi connectivity index (χ2n) is 4.37. The largest absolute Gasteiger partial charge is 0.280 e. The zero-order valence-electron chi connectivity index (χ0n) is 9.68. The van der Waals surface area contributed by atoms with E-state index in [0.29, 0.717) is 6.42 Å². The quantitative estimate of drug-likeness (QED) is 0.727. The number of benzene rings is 2. The molecule has 0 aliphatic carbocycles. The maximum absolute atomic E-state index is 12.1. The van der Waals surface area contributed by atoms with Crippen molar-refractivity contribution in [2.24, 2.45) is 0 Å². The highest BCUT2D eigenvalue weighted by atomic mass is 16.2. The normalized spacial score (nSPS) is 13.9. The number of aryl methyl sites for hydroxylation is 1. The summed E-state index contributed by atoms with van der Waals surface area (Å²) in [7, 11) is 0. The SMILES string of the molecule is Cc1ccc2c(c1)N(c1ccccc1)C(=O)C2. The Kier molecular flexibility index (Phi) is 2.22. The van der Waals surface area contributed by atoms with Crippen LogP contribution in [0.4, 0.5) is 11.4 Å². The first kappa shape index (κ1) is 10.1. The summed E-state index contributed by atoms with van der Waals surface area (Å²) in [6, 6.07) is 16.0. The number of anilines is 2. The van der Waals surface area contributed by atoms with Crippen LogP contribution >= 0.6 is 0 Å². The van der Waals surface area contributed by atoms with Crippen LogP contribution in [-0.2, 0) is 11.2 Å². The van der Waals surface area contributed by atoms with Crippen molar-refractivity contribution in [2.75, 3.05) is 4.90 Å². The Hall–Kier alpha value is -2.09. The molecule has 2 nitrogen and oxygen atoms in total. The number of carbonyl (C=O) groups is 1. The highest BCUT2D eigenvalue weighted by Gasteiger charge is 2.28. The van der Waals surface area contributed by atoms with Crippen molar-refractivity contribution >= 4 is 17.3 Å². The summed E-state index contributed by atoms with van der Waals surface area (Å²) < 4.78 is 0. The molecule has 0 spiro atoms. The van der Waals surface area contributed by atoms with E-state index >= 15 is 0 Å². The van der Waals surface area contributed by atoms with Crippen LogP contribution in [0.1, 0.15) is 11.1 Å². The van der Waals surface area contributed by atoms with Crippen LogP contribution in [-0.4, -0.2) is 5.91 Å². The van der Waals surface area contributed by atoms with Crippen molar-refractivity contribution in [2.45, 2.75) is 13.3 Å². The molecule has 0 N–H and O–H groups in total. The smallest absolute Gasteiger partial charge is 0.236 e. The Morgan fingerprint density at radius 3 is 2.59 bits per heavy atom. The van der Waals surface area contributed by atoms with E-state index in [2.05, 4.69) is 12.1 Å². The standard InChI is InChI=1S/C15H13NO/c1-11-7-8-12-10-15(17)16(14(12)9-11)13-5-3-2-4-6-13/h2-9H,10H2,1H3. The molecule has 0 aromatic heterocycles. The molecule has 1 heterocycles. The third kappa shape index (κ3) is 1.62. The van der Waals surface area contributed by atoms with E-state index in [0.717, 1.165) is 16.9 Å². The van der Waals surface area contributed by atoms with Gasteiger partial charge in [0.15, 0.2) is 0 Å². The number of hydrogen-bond donors (Lipinski definition) is 0. The third-order valence-corrected chi connectivity index (χ3v) is 3.09. The molecule has 0 bridgehead atoms. The van der Waals surface area contributed by atoms with Crippen LogP contribution in [0.2, 0.25) is 0 Å². The molecule has 1 amide bonds. The van der Waals surface area contributed by atoms with Crippen molar-refractivity contribution in [3.8, 4) is 0 Å². The van der Waals surface area contributed by atoms with Gasteiger partial charge < -0.3 is 0 Å². The van der Waals surface area contributed by atoms with Gasteiger partial charge in [0.25, 0.3) is 0 Å². The molecular formula is C15H13NO. The molecule has 0 unspecified atom stereocenters. The van der Waals surface area contributed by atoms with Gasteiger partial charge in [-0.05, 0) is 36.2 Å². The van der Waals surface area contributed by atoms with Gasteiger partial charge in [-0.1, -0.05) is 30.3 Å². The minimum Gasteiger partial charge on any atom is -0.280 e. The minimum absolute atomic E-state index is 0.150. The number of nitrogens with zero attached hydrogens (tertiary/aromatic N) is 1. The van der Waals surface area contributed by atoms with Crippen LogP contribution in [0.3, 0.4) is 0 Å². The topological polar surface area (TPSA) is 20.3 Å². The third-order valence-electron chi connectivity index (χ3n) is 3.09.